The first-order valence-electron chi connectivity index (χ1n) is 7.64. The summed E-state index contributed by atoms with van der Waals surface area (Å²) in [4.78, 5) is 0. The van der Waals surface area contributed by atoms with Crippen LogP contribution in [0.2, 0.25) is 0 Å². The van der Waals surface area contributed by atoms with Crippen LogP contribution in [-0.4, -0.2) is 34.0 Å². The topological polar surface area (TPSA) is 39.7 Å². The smallest absolute Gasteiger partial charge is 0.127 e. The van der Waals surface area contributed by atoms with Gasteiger partial charge in [0, 0.05) is 24.8 Å². The Hall–Kier alpha value is -1.26. The van der Waals surface area contributed by atoms with Crippen LogP contribution in [0.25, 0.3) is 0 Å². The van der Waals surface area contributed by atoms with E-state index in [1.807, 2.05) is 12.1 Å². The Kier molecular flexibility index (Phi) is 8.16. The Morgan fingerprint density at radius 1 is 1.10 bits per heavy atom. The highest BCUT2D eigenvalue weighted by molar-refractivity contribution is 5.42. The fourth-order valence-corrected chi connectivity index (χ4v) is 2.31. The highest BCUT2D eigenvalue weighted by Gasteiger charge is 2.17. The molecule has 0 aliphatic heterocycles. The summed E-state index contributed by atoms with van der Waals surface area (Å²) in [5.41, 5.74) is 1.18. The van der Waals surface area contributed by atoms with E-state index in [-0.39, 0.29) is 12.1 Å². The molecule has 1 N–H and O–H groups in total. The van der Waals surface area contributed by atoms with Gasteiger partial charge >= 0.3 is 0 Å². The first-order chi connectivity index (χ1) is 10.2. The van der Waals surface area contributed by atoms with E-state index in [1.54, 1.807) is 21.3 Å². The van der Waals surface area contributed by atoms with Gasteiger partial charge in [-0.3, -0.25) is 0 Å². The van der Waals surface area contributed by atoms with E-state index in [0.717, 1.165) is 37.3 Å². The second-order valence-corrected chi connectivity index (χ2v) is 5.24. The third-order valence-corrected chi connectivity index (χ3v) is 3.72. The van der Waals surface area contributed by atoms with Crippen LogP contribution in [0.15, 0.2) is 18.2 Å². The predicted molar refractivity (Wildman–Crippen MR) is 86.3 cm³/mol. The van der Waals surface area contributed by atoms with Gasteiger partial charge in [0.1, 0.15) is 11.5 Å². The summed E-state index contributed by atoms with van der Waals surface area (Å²) in [6.45, 7) is 5.26. The number of methoxy groups -OCH3 is 3. The number of hydrogen-bond donors (Lipinski definition) is 1. The van der Waals surface area contributed by atoms with E-state index in [1.165, 1.54) is 5.56 Å². The van der Waals surface area contributed by atoms with E-state index in [9.17, 15) is 0 Å². The van der Waals surface area contributed by atoms with Gasteiger partial charge in [0.15, 0.2) is 0 Å². The molecule has 0 heterocycles. The Morgan fingerprint density at radius 3 is 2.43 bits per heavy atom. The standard InChI is InChI=1S/C17H29NO3/c1-6-11-18-16(10-7-13(2)19-3)15-9-8-14(20-4)12-17(15)21-5/h8-9,12-13,16,18H,6-7,10-11H2,1-5H3. The van der Waals surface area contributed by atoms with Crippen molar-refractivity contribution in [2.75, 3.05) is 27.9 Å². The van der Waals surface area contributed by atoms with Crippen molar-refractivity contribution in [1.29, 1.82) is 0 Å². The van der Waals surface area contributed by atoms with E-state index in [4.69, 9.17) is 14.2 Å². The zero-order valence-electron chi connectivity index (χ0n) is 13.9. The highest BCUT2D eigenvalue weighted by atomic mass is 16.5. The molecule has 0 saturated carbocycles. The van der Waals surface area contributed by atoms with Crippen LogP contribution in [0.3, 0.4) is 0 Å². The SMILES string of the molecule is CCCNC(CCC(C)OC)c1ccc(OC)cc1OC. The Bertz CT molecular complexity index is 409. The van der Waals surface area contributed by atoms with Crippen molar-refractivity contribution in [3.63, 3.8) is 0 Å². The van der Waals surface area contributed by atoms with Crippen molar-refractivity contribution < 1.29 is 14.2 Å². The van der Waals surface area contributed by atoms with E-state index in [2.05, 4.69) is 25.2 Å². The van der Waals surface area contributed by atoms with Crippen molar-refractivity contribution in [3.8, 4) is 11.5 Å². The lowest BCUT2D eigenvalue weighted by molar-refractivity contribution is 0.106. The summed E-state index contributed by atoms with van der Waals surface area (Å²) < 4.78 is 16.2. The minimum Gasteiger partial charge on any atom is -0.497 e. The van der Waals surface area contributed by atoms with Crippen molar-refractivity contribution in [1.82, 2.24) is 5.32 Å². The third-order valence-electron chi connectivity index (χ3n) is 3.72. The van der Waals surface area contributed by atoms with Crippen LogP contribution >= 0.6 is 0 Å². The zero-order chi connectivity index (χ0) is 15.7. The maximum absolute atomic E-state index is 5.53. The van der Waals surface area contributed by atoms with Gasteiger partial charge in [-0.1, -0.05) is 13.0 Å². The number of nitrogens with one attached hydrogen (secondary N) is 1. The van der Waals surface area contributed by atoms with Crippen LogP contribution in [0.4, 0.5) is 0 Å². The van der Waals surface area contributed by atoms with E-state index < -0.39 is 0 Å². The van der Waals surface area contributed by atoms with Gasteiger partial charge in [0.2, 0.25) is 0 Å². The molecule has 0 aliphatic rings. The number of rotatable bonds is 10. The Morgan fingerprint density at radius 2 is 1.86 bits per heavy atom. The molecule has 0 aromatic heterocycles. The highest BCUT2D eigenvalue weighted by Crippen LogP contribution is 2.32. The monoisotopic (exact) mass is 295 g/mol. The molecular formula is C17H29NO3. The Balaban J connectivity index is 2.90. The lowest BCUT2D eigenvalue weighted by Crippen LogP contribution is -2.24. The normalized spacial score (nSPS) is 13.8. The summed E-state index contributed by atoms with van der Waals surface area (Å²) in [5.74, 6) is 1.68. The molecule has 1 aromatic rings. The van der Waals surface area contributed by atoms with Gasteiger partial charge in [0.05, 0.1) is 20.3 Å². The van der Waals surface area contributed by atoms with Gasteiger partial charge < -0.3 is 19.5 Å². The molecule has 2 unspecified atom stereocenters. The maximum Gasteiger partial charge on any atom is 0.127 e. The van der Waals surface area contributed by atoms with Crippen LogP contribution in [0.1, 0.15) is 44.7 Å². The van der Waals surface area contributed by atoms with Crippen molar-refractivity contribution >= 4 is 0 Å². The van der Waals surface area contributed by atoms with E-state index >= 15 is 0 Å². The quantitative estimate of drug-likeness (QED) is 0.716. The molecule has 0 bridgehead atoms. The minimum atomic E-state index is 0.264. The van der Waals surface area contributed by atoms with Crippen molar-refractivity contribution in [2.45, 2.75) is 45.3 Å². The lowest BCUT2D eigenvalue weighted by atomic mass is 9.99. The van der Waals surface area contributed by atoms with Crippen LogP contribution in [0, 0.1) is 0 Å². The largest absolute Gasteiger partial charge is 0.497 e. The van der Waals surface area contributed by atoms with Crippen molar-refractivity contribution in [2.24, 2.45) is 0 Å². The van der Waals surface area contributed by atoms with Crippen LogP contribution in [0.5, 0.6) is 11.5 Å². The second-order valence-electron chi connectivity index (χ2n) is 5.24. The fourth-order valence-electron chi connectivity index (χ4n) is 2.31. The average Bonchev–Trinajstić information content (AvgIpc) is 2.54. The summed E-state index contributed by atoms with van der Waals surface area (Å²) in [6.07, 6.45) is 3.39. The lowest BCUT2D eigenvalue weighted by Gasteiger charge is -2.23. The molecule has 1 aromatic carbocycles. The predicted octanol–water partition coefficient (Wildman–Crippen LogP) is 3.56. The molecule has 0 radical (unpaired) electrons. The van der Waals surface area contributed by atoms with E-state index in [0.29, 0.717) is 0 Å². The molecule has 1 rings (SSSR count). The zero-order valence-corrected chi connectivity index (χ0v) is 13.9. The molecule has 4 nitrogen and oxygen atoms in total. The fraction of sp³-hybridized carbons (Fsp3) is 0.647. The molecule has 0 saturated heterocycles. The molecule has 2 atom stereocenters. The molecule has 120 valence electrons. The summed E-state index contributed by atoms with van der Waals surface area (Å²) in [6, 6.07) is 6.28. The molecule has 0 amide bonds. The molecular weight excluding hydrogens is 266 g/mol. The van der Waals surface area contributed by atoms with Gasteiger partial charge in [0.25, 0.3) is 0 Å². The Labute approximate surface area is 128 Å². The average molecular weight is 295 g/mol. The molecule has 4 heteroatoms. The molecule has 0 fully saturated rings. The molecule has 21 heavy (non-hydrogen) atoms. The molecule has 0 aliphatic carbocycles. The number of benzene rings is 1. The third kappa shape index (κ3) is 5.56. The first-order valence-corrected chi connectivity index (χ1v) is 7.64. The summed E-state index contributed by atoms with van der Waals surface area (Å²) >= 11 is 0. The van der Waals surface area contributed by atoms with Gasteiger partial charge in [-0.05, 0) is 38.8 Å². The van der Waals surface area contributed by atoms with Gasteiger partial charge in [-0.2, -0.15) is 0 Å². The minimum absolute atomic E-state index is 0.264. The number of hydrogen-bond acceptors (Lipinski definition) is 4. The second kappa shape index (κ2) is 9.64. The molecule has 0 spiro atoms. The first kappa shape index (κ1) is 17.8. The number of ether oxygens (including phenoxy) is 3. The van der Waals surface area contributed by atoms with Crippen LogP contribution in [-0.2, 0) is 4.74 Å². The van der Waals surface area contributed by atoms with Crippen molar-refractivity contribution in [3.05, 3.63) is 23.8 Å². The maximum atomic E-state index is 5.53. The van der Waals surface area contributed by atoms with Crippen LogP contribution < -0.4 is 14.8 Å². The summed E-state index contributed by atoms with van der Waals surface area (Å²) in [7, 11) is 5.13. The van der Waals surface area contributed by atoms with Gasteiger partial charge in [-0.25, -0.2) is 0 Å². The summed E-state index contributed by atoms with van der Waals surface area (Å²) in [5, 5.41) is 3.60. The van der Waals surface area contributed by atoms with Gasteiger partial charge in [-0.15, -0.1) is 0 Å².